The van der Waals surface area contributed by atoms with Crippen molar-refractivity contribution < 1.29 is 0 Å². The first-order valence-electron chi connectivity index (χ1n) is 7.38. The van der Waals surface area contributed by atoms with Gasteiger partial charge in [-0.05, 0) is 49.7 Å². The first-order chi connectivity index (χ1) is 8.78. The van der Waals surface area contributed by atoms with Gasteiger partial charge in [-0.25, -0.2) is 0 Å². The van der Waals surface area contributed by atoms with Crippen molar-refractivity contribution in [2.75, 3.05) is 11.4 Å². The number of hydrogen-bond acceptors (Lipinski definition) is 2. The van der Waals surface area contributed by atoms with Crippen molar-refractivity contribution in [3.63, 3.8) is 0 Å². The van der Waals surface area contributed by atoms with Crippen LogP contribution in [0.4, 0.5) is 5.69 Å². The number of para-hydroxylation sites is 1. The van der Waals surface area contributed by atoms with E-state index < -0.39 is 0 Å². The lowest BCUT2D eigenvalue weighted by molar-refractivity contribution is 0.551. The van der Waals surface area contributed by atoms with Crippen molar-refractivity contribution in [1.82, 2.24) is 0 Å². The average molecular weight is 244 g/mol. The highest BCUT2D eigenvalue weighted by Gasteiger charge is 2.38. The van der Waals surface area contributed by atoms with Gasteiger partial charge in [-0.2, -0.15) is 0 Å². The van der Waals surface area contributed by atoms with Crippen LogP contribution < -0.4 is 10.6 Å². The van der Waals surface area contributed by atoms with Crippen LogP contribution in [0.25, 0.3) is 0 Å². The minimum absolute atomic E-state index is 0.297. The second kappa shape index (κ2) is 4.93. The zero-order chi connectivity index (χ0) is 12.5. The number of benzene rings is 1. The van der Waals surface area contributed by atoms with Gasteiger partial charge in [-0.15, -0.1) is 0 Å². The van der Waals surface area contributed by atoms with Gasteiger partial charge in [0, 0.05) is 24.3 Å². The molecule has 2 N–H and O–H groups in total. The molecule has 18 heavy (non-hydrogen) atoms. The van der Waals surface area contributed by atoms with Crippen LogP contribution in [0, 0.1) is 5.92 Å². The molecule has 1 aromatic rings. The van der Waals surface area contributed by atoms with Crippen LogP contribution in [0.2, 0.25) is 0 Å². The minimum atomic E-state index is 0.297. The van der Waals surface area contributed by atoms with Gasteiger partial charge in [-0.1, -0.05) is 25.1 Å². The molecule has 1 aliphatic heterocycles. The van der Waals surface area contributed by atoms with Crippen LogP contribution >= 0.6 is 0 Å². The Bertz CT molecular complexity index is 415. The maximum atomic E-state index is 6.13. The second-order valence-corrected chi connectivity index (χ2v) is 5.99. The van der Waals surface area contributed by atoms with Gasteiger partial charge in [0.05, 0.1) is 0 Å². The maximum Gasteiger partial charge on any atom is 0.0401 e. The molecular weight excluding hydrogens is 220 g/mol. The molecule has 2 fully saturated rings. The van der Waals surface area contributed by atoms with Gasteiger partial charge >= 0.3 is 0 Å². The molecule has 0 aromatic heterocycles. The summed E-state index contributed by atoms with van der Waals surface area (Å²) in [5.41, 5.74) is 9.03. The van der Waals surface area contributed by atoms with Crippen molar-refractivity contribution in [3.05, 3.63) is 29.8 Å². The maximum absolute atomic E-state index is 6.13. The van der Waals surface area contributed by atoms with Gasteiger partial charge in [0.2, 0.25) is 0 Å². The van der Waals surface area contributed by atoms with Crippen molar-refractivity contribution >= 4 is 5.69 Å². The van der Waals surface area contributed by atoms with E-state index in [0.717, 1.165) is 24.8 Å². The Morgan fingerprint density at radius 2 is 2.17 bits per heavy atom. The van der Waals surface area contributed by atoms with E-state index in [1.807, 2.05) is 0 Å². The number of hydrogen-bond donors (Lipinski definition) is 1. The van der Waals surface area contributed by atoms with E-state index in [-0.39, 0.29) is 0 Å². The molecule has 3 atom stereocenters. The molecule has 2 bridgehead atoms. The Labute approximate surface area is 110 Å². The fourth-order valence-electron chi connectivity index (χ4n) is 3.61. The van der Waals surface area contributed by atoms with Crippen LogP contribution in [0.1, 0.15) is 38.2 Å². The van der Waals surface area contributed by atoms with Crippen LogP contribution in [0.15, 0.2) is 24.3 Å². The van der Waals surface area contributed by atoms with Crippen LogP contribution in [-0.2, 0) is 6.42 Å². The van der Waals surface area contributed by atoms with E-state index in [1.54, 1.807) is 0 Å². The predicted molar refractivity (Wildman–Crippen MR) is 76.9 cm³/mol. The molecular formula is C16H24N2. The third-order valence-electron chi connectivity index (χ3n) is 4.72. The normalized spacial score (nSPS) is 27.8. The fraction of sp³-hybridized carbons (Fsp3) is 0.625. The molecule has 1 saturated carbocycles. The van der Waals surface area contributed by atoms with Crippen molar-refractivity contribution in [2.45, 2.75) is 51.1 Å². The third kappa shape index (κ3) is 2.14. The van der Waals surface area contributed by atoms with Crippen molar-refractivity contribution in [2.24, 2.45) is 11.7 Å². The quantitative estimate of drug-likeness (QED) is 0.882. The van der Waals surface area contributed by atoms with E-state index in [1.165, 1.54) is 37.1 Å². The van der Waals surface area contributed by atoms with Gasteiger partial charge in [0.15, 0.2) is 0 Å². The Morgan fingerprint density at radius 1 is 1.33 bits per heavy atom. The molecule has 1 aromatic carbocycles. The molecule has 98 valence electrons. The number of nitrogens with two attached hydrogens (primary N) is 1. The molecule has 0 radical (unpaired) electrons. The standard InChI is InChI=1S/C16H24N2/c1-2-14(17)10-13-5-3-4-6-16(13)18-11-12-7-8-15(18)9-12/h3-6,12,14-15H,2,7-11,17H2,1H3. The Hall–Kier alpha value is -1.02. The lowest BCUT2D eigenvalue weighted by atomic mass is 10.0. The zero-order valence-corrected chi connectivity index (χ0v) is 11.3. The molecule has 3 unspecified atom stereocenters. The summed E-state index contributed by atoms with van der Waals surface area (Å²) in [4.78, 5) is 2.64. The molecule has 1 heterocycles. The molecule has 0 spiro atoms. The number of anilines is 1. The first kappa shape index (κ1) is 12.0. The topological polar surface area (TPSA) is 29.3 Å². The summed E-state index contributed by atoms with van der Waals surface area (Å²) >= 11 is 0. The van der Waals surface area contributed by atoms with Gasteiger partial charge in [0.1, 0.15) is 0 Å². The second-order valence-electron chi connectivity index (χ2n) is 5.99. The molecule has 0 amide bonds. The lowest BCUT2D eigenvalue weighted by Gasteiger charge is -2.31. The summed E-state index contributed by atoms with van der Waals surface area (Å²) in [5.74, 6) is 0.947. The highest BCUT2D eigenvalue weighted by Crippen LogP contribution is 2.41. The molecule has 2 aliphatic rings. The lowest BCUT2D eigenvalue weighted by Crippen LogP contribution is -2.33. The van der Waals surface area contributed by atoms with E-state index in [2.05, 4.69) is 36.1 Å². The third-order valence-corrected chi connectivity index (χ3v) is 4.72. The summed E-state index contributed by atoms with van der Waals surface area (Å²) < 4.78 is 0. The first-order valence-corrected chi connectivity index (χ1v) is 7.38. The van der Waals surface area contributed by atoms with Crippen LogP contribution in [0.5, 0.6) is 0 Å². The summed E-state index contributed by atoms with van der Waals surface area (Å²) in [6, 6.07) is 9.97. The average Bonchev–Trinajstić information content (AvgIpc) is 3.01. The van der Waals surface area contributed by atoms with Crippen molar-refractivity contribution in [3.8, 4) is 0 Å². The van der Waals surface area contributed by atoms with Crippen LogP contribution in [-0.4, -0.2) is 18.6 Å². The van der Waals surface area contributed by atoms with Gasteiger partial charge in [-0.3, -0.25) is 0 Å². The Morgan fingerprint density at radius 3 is 2.83 bits per heavy atom. The highest BCUT2D eigenvalue weighted by molar-refractivity contribution is 5.56. The predicted octanol–water partition coefficient (Wildman–Crippen LogP) is 2.96. The summed E-state index contributed by atoms with van der Waals surface area (Å²) in [6.07, 6.45) is 6.31. The van der Waals surface area contributed by atoms with E-state index in [9.17, 15) is 0 Å². The summed E-state index contributed by atoms with van der Waals surface area (Å²) in [5, 5.41) is 0. The van der Waals surface area contributed by atoms with Gasteiger partial charge in [0.25, 0.3) is 0 Å². The van der Waals surface area contributed by atoms with Crippen molar-refractivity contribution in [1.29, 1.82) is 0 Å². The minimum Gasteiger partial charge on any atom is -0.368 e. The molecule has 3 rings (SSSR count). The smallest absolute Gasteiger partial charge is 0.0401 e. The molecule has 2 nitrogen and oxygen atoms in total. The number of piperidine rings is 1. The SMILES string of the molecule is CCC(N)Cc1ccccc1N1CC2CCC1C2. The monoisotopic (exact) mass is 244 g/mol. The van der Waals surface area contributed by atoms with E-state index in [4.69, 9.17) is 5.73 Å². The van der Waals surface area contributed by atoms with Gasteiger partial charge < -0.3 is 10.6 Å². The molecule has 1 aliphatic carbocycles. The summed E-state index contributed by atoms with van der Waals surface area (Å²) in [7, 11) is 0. The molecule has 2 heteroatoms. The van der Waals surface area contributed by atoms with Crippen LogP contribution in [0.3, 0.4) is 0 Å². The Balaban J connectivity index is 1.83. The number of fused-ring (bicyclic) bond motifs is 2. The number of nitrogens with zero attached hydrogens (tertiary/aromatic N) is 1. The van der Waals surface area contributed by atoms with E-state index >= 15 is 0 Å². The zero-order valence-electron chi connectivity index (χ0n) is 11.3. The summed E-state index contributed by atoms with van der Waals surface area (Å²) in [6.45, 7) is 3.44. The number of rotatable bonds is 4. The Kier molecular flexibility index (Phi) is 3.29. The largest absolute Gasteiger partial charge is 0.368 e. The van der Waals surface area contributed by atoms with E-state index in [0.29, 0.717) is 6.04 Å². The highest BCUT2D eigenvalue weighted by atomic mass is 15.2. The fourth-order valence-corrected chi connectivity index (χ4v) is 3.61. The molecule has 1 saturated heterocycles.